The van der Waals surface area contributed by atoms with E-state index in [2.05, 4.69) is 21.6 Å². The van der Waals surface area contributed by atoms with E-state index in [9.17, 15) is 5.11 Å². The molecular weight excluding hydrogens is 274 g/mol. The Morgan fingerprint density at radius 3 is 1.86 bits per heavy atom. The summed E-state index contributed by atoms with van der Waals surface area (Å²) in [5.74, 6) is 0.873. The predicted octanol–water partition coefficient (Wildman–Crippen LogP) is 1.64. The van der Waals surface area contributed by atoms with E-state index in [1.165, 1.54) is 77.8 Å². The highest BCUT2D eigenvalue weighted by Gasteiger charge is 2.27. The zero-order valence-corrected chi connectivity index (χ0v) is 14.4. The number of likely N-dealkylation sites (tertiary alicyclic amines) is 3. The van der Waals surface area contributed by atoms with Crippen LogP contribution in [0.5, 0.6) is 0 Å². The molecule has 0 saturated carbocycles. The summed E-state index contributed by atoms with van der Waals surface area (Å²) >= 11 is 0. The Labute approximate surface area is 136 Å². The van der Waals surface area contributed by atoms with Crippen molar-refractivity contribution in [2.24, 2.45) is 5.92 Å². The van der Waals surface area contributed by atoms with Gasteiger partial charge in [-0.25, -0.2) is 0 Å². The van der Waals surface area contributed by atoms with Crippen molar-refractivity contribution in [2.75, 3.05) is 52.4 Å². The molecule has 4 heteroatoms. The third kappa shape index (κ3) is 4.67. The van der Waals surface area contributed by atoms with E-state index in [0.29, 0.717) is 0 Å². The van der Waals surface area contributed by atoms with E-state index in [1.807, 2.05) is 0 Å². The fraction of sp³-hybridized carbons (Fsp3) is 1.00. The third-order valence-electron chi connectivity index (χ3n) is 6.03. The Morgan fingerprint density at radius 2 is 1.32 bits per heavy atom. The summed E-state index contributed by atoms with van der Waals surface area (Å²) in [5, 5.41) is 10.4. The molecule has 1 atom stereocenters. The lowest BCUT2D eigenvalue weighted by Crippen LogP contribution is -2.48. The van der Waals surface area contributed by atoms with Gasteiger partial charge in [-0.1, -0.05) is 6.92 Å². The van der Waals surface area contributed by atoms with Crippen molar-refractivity contribution < 1.29 is 5.11 Å². The molecule has 0 bridgehead atoms. The number of β-amino-alcohol motifs (C(OH)–C–C–N with tert-alkyl or cyclic N) is 1. The molecule has 0 aliphatic carbocycles. The van der Waals surface area contributed by atoms with Crippen molar-refractivity contribution in [3.05, 3.63) is 0 Å². The number of aliphatic hydroxyl groups is 1. The molecule has 0 aromatic rings. The topological polar surface area (TPSA) is 30.0 Å². The first kappa shape index (κ1) is 16.7. The number of aliphatic hydroxyl groups excluding tert-OH is 1. The SMILES string of the molecule is CC1CCN(CC(O)CN2CCC(N3CCCC3)CC2)CC1. The van der Waals surface area contributed by atoms with Crippen molar-refractivity contribution in [1.29, 1.82) is 0 Å². The molecule has 4 nitrogen and oxygen atoms in total. The van der Waals surface area contributed by atoms with Gasteiger partial charge in [-0.05, 0) is 83.7 Å². The second-order valence-corrected chi connectivity index (χ2v) is 7.91. The minimum absolute atomic E-state index is 0.170. The van der Waals surface area contributed by atoms with Crippen molar-refractivity contribution >= 4 is 0 Å². The molecule has 0 amide bonds. The molecular formula is C18H35N3O. The Balaban J connectivity index is 1.33. The predicted molar refractivity (Wildman–Crippen MR) is 91.1 cm³/mol. The summed E-state index contributed by atoms with van der Waals surface area (Å²) in [6.07, 6.45) is 7.82. The molecule has 1 N–H and O–H groups in total. The van der Waals surface area contributed by atoms with Gasteiger partial charge in [0.25, 0.3) is 0 Å². The van der Waals surface area contributed by atoms with Crippen LogP contribution in [0.25, 0.3) is 0 Å². The fourth-order valence-electron chi connectivity index (χ4n) is 4.47. The number of hydrogen-bond donors (Lipinski definition) is 1. The van der Waals surface area contributed by atoms with Gasteiger partial charge in [0.15, 0.2) is 0 Å². The van der Waals surface area contributed by atoms with Crippen LogP contribution in [-0.2, 0) is 0 Å². The minimum Gasteiger partial charge on any atom is -0.390 e. The molecule has 1 unspecified atom stereocenters. The van der Waals surface area contributed by atoms with Crippen LogP contribution >= 0.6 is 0 Å². The monoisotopic (exact) mass is 309 g/mol. The van der Waals surface area contributed by atoms with Crippen LogP contribution in [0.4, 0.5) is 0 Å². The molecule has 3 heterocycles. The average molecular weight is 309 g/mol. The fourth-order valence-corrected chi connectivity index (χ4v) is 4.47. The lowest BCUT2D eigenvalue weighted by Gasteiger charge is -2.38. The lowest BCUT2D eigenvalue weighted by atomic mass is 9.99. The third-order valence-corrected chi connectivity index (χ3v) is 6.03. The Morgan fingerprint density at radius 1 is 0.818 bits per heavy atom. The van der Waals surface area contributed by atoms with Crippen LogP contribution in [0.1, 0.15) is 45.4 Å². The van der Waals surface area contributed by atoms with E-state index in [1.54, 1.807) is 0 Å². The smallest absolute Gasteiger partial charge is 0.0793 e. The number of hydrogen-bond acceptors (Lipinski definition) is 4. The molecule has 3 aliphatic rings. The maximum atomic E-state index is 10.4. The molecule has 0 spiro atoms. The van der Waals surface area contributed by atoms with Gasteiger partial charge in [-0.2, -0.15) is 0 Å². The molecule has 3 fully saturated rings. The highest BCUT2D eigenvalue weighted by molar-refractivity contribution is 4.83. The van der Waals surface area contributed by atoms with Crippen molar-refractivity contribution in [1.82, 2.24) is 14.7 Å². The zero-order chi connectivity index (χ0) is 15.4. The minimum atomic E-state index is -0.170. The quantitative estimate of drug-likeness (QED) is 0.836. The van der Waals surface area contributed by atoms with Crippen LogP contribution in [0.2, 0.25) is 0 Å². The highest BCUT2D eigenvalue weighted by atomic mass is 16.3. The van der Waals surface area contributed by atoms with Crippen LogP contribution in [0, 0.1) is 5.92 Å². The van der Waals surface area contributed by atoms with Gasteiger partial charge < -0.3 is 19.8 Å². The lowest BCUT2D eigenvalue weighted by molar-refractivity contribution is 0.0442. The molecule has 0 radical (unpaired) electrons. The Hall–Kier alpha value is -0.160. The van der Waals surface area contributed by atoms with Crippen LogP contribution in [0.3, 0.4) is 0 Å². The van der Waals surface area contributed by atoms with Crippen LogP contribution in [0.15, 0.2) is 0 Å². The number of nitrogens with zero attached hydrogens (tertiary/aromatic N) is 3. The molecule has 0 aromatic heterocycles. The molecule has 22 heavy (non-hydrogen) atoms. The van der Waals surface area contributed by atoms with Crippen molar-refractivity contribution in [3.8, 4) is 0 Å². The molecule has 128 valence electrons. The van der Waals surface area contributed by atoms with Crippen LogP contribution < -0.4 is 0 Å². The summed E-state index contributed by atoms with van der Waals surface area (Å²) in [6.45, 7) is 11.4. The Kier molecular flexibility index (Phi) is 6.14. The van der Waals surface area contributed by atoms with Crippen molar-refractivity contribution in [2.45, 2.75) is 57.6 Å². The average Bonchev–Trinajstić information content (AvgIpc) is 3.05. The van der Waals surface area contributed by atoms with Crippen LogP contribution in [-0.4, -0.2) is 84.3 Å². The molecule has 3 rings (SSSR count). The van der Waals surface area contributed by atoms with E-state index in [4.69, 9.17) is 0 Å². The van der Waals surface area contributed by atoms with Crippen molar-refractivity contribution in [3.63, 3.8) is 0 Å². The second kappa shape index (κ2) is 8.09. The van der Waals surface area contributed by atoms with Gasteiger partial charge in [0, 0.05) is 19.1 Å². The summed E-state index contributed by atoms with van der Waals surface area (Å²) in [6, 6.07) is 0.819. The number of piperidine rings is 2. The summed E-state index contributed by atoms with van der Waals surface area (Å²) in [4.78, 5) is 7.65. The normalized spacial score (nSPS) is 29.2. The zero-order valence-electron chi connectivity index (χ0n) is 14.4. The van der Waals surface area contributed by atoms with E-state index in [-0.39, 0.29) is 6.10 Å². The molecule has 3 aliphatic heterocycles. The summed E-state index contributed by atoms with van der Waals surface area (Å²) in [5.41, 5.74) is 0. The maximum Gasteiger partial charge on any atom is 0.0793 e. The maximum absolute atomic E-state index is 10.4. The van der Waals surface area contributed by atoms with Gasteiger partial charge in [0.1, 0.15) is 0 Å². The standard InChI is InChI=1S/C18H35N3O/c1-16-4-10-19(11-5-16)14-18(22)15-20-12-6-17(7-13-20)21-8-2-3-9-21/h16-18,22H,2-15H2,1H3. The molecule has 3 saturated heterocycles. The first-order valence-electron chi connectivity index (χ1n) is 9.57. The van der Waals surface area contributed by atoms with Gasteiger partial charge >= 0.3 is 0 Å². The van der Waals surface area contributed by atoms with Gasteiger partial charge in [0.05, 0.1) is 6.10 Å². The highest BCUT2D eigenvalue weighted by Crippen LogP contribution is 2.21. The van der Waals surface area contributed by atoms with E-state index in [0.717, 1.165) is 25.0 Å². The van der Waals surface area contributed by atoms with E-state index >= 15 is 0 Å². The Bertz CT molecular complexity index is 316. The summed E-state index contributed by atoms with van der Waals surface area (Å²) in [7, 11) is 0. The first-order valence-corrected chi connectivity index (χ1v) is 9.57. The van der Waals surface area contributed by atoms with Gasteiger partial charge in [-0.3, -0.25) is 0 Å². The second-order valence-electron chi connectivity index (χ2n) is 7.91. The molecule has 0 aromatic carbocycles. The first-order chi connectivity index (χ1) is 10.7. The summed E-state index contributed by atoms with van der Waals surface area (Å²) < 4.78 is 0. The number of rotatable bonds is 5. The largest absolute Gasteiger partial charge is 0.390 e. The van der Waals surface area contributed by atoms with E-state index < -0.39 is 0 Å². The van der Waals surface area contributed by atoms with Gasteiger partial charge in [0.2, 0.25) is 0 Å². The van der Waals surface area contributed by atoms with Gasteiger partial charge in [-0.15, -0.1) is 0 Å².